The van der Waals surface area contributed by atoms with E-state index >= 15 is 0 Å². The van der Waals surface area contributed by atoms with Gasteiger partial charge in [0, 0.05) is 31.4 Å². The Morgan fingerprint density at radius 3 is 2.48 bits per heavy atom. The van der Waals surface area contributed by atoms with Crippen LogP contribution < -0.4 is 9.64 Å². The molecule has 0 aliphatic carbocycles. The van der Waals surface area contributed by atoms with E-state index in [2.05, 4.69) is 4.90 Å². The van der Waals surface area contributed by atoms with Crippen LogP contribution in [0.4, 0.5) is 10.5 Å². The third-order valence-electron chi connectivity index (χ3n) is 5.82. The van der Waals surface area contributed by atoms with Crippen LogP contribution in [0.5, 0.6) is 5.75 Å². The predicted octanol–water partition coefficient (Wildman–Crippen LogP) is 3.03. The number of amides is 1. The summed E-state index contributed by atoms with van der Waals surface area (Å²) in [4.78, 5) is 15.4. The first-order chi connectivity index (χ1) is 13.9. The van der Waals surface area contributed by atoms with E-state index in [9.17, 15) is 13.2 Å². The minimum atomic E-state index is -3.62. The zero-order valence-electron chi connectivity index (χ0n) is 16.2. The minimum absolute atomic E-state index is 0.215. The molecule has 8 heteroatoms. The number of piperidine rings is 1. The van der Waals surface area contributed by atoms with Gasteiger partial charge in [0.1, 0.15) is 5.75 Å². The number of fused-ring (bicyclic) bond motifs is 1. The zero-order chi connectivity index (χ0) is 20.6. The Bertz CT molecular complexity index is 1030. The van der Waals surface area contributed by atoms with Crippen molar-refractivity contribution in [3.8, 4) is 5.75 Å². The van der Waals surface area contributed by atoms with Crippen LogP contribution in [0.25, 0.3) is 0 Å². The van der Waals surface area contributed by atoms with Crippen molar-refractivity contribution in [3.63, 3.8) is 0 Å². The van der Waals surface area contributed by atoms with Gasteiger partial charge in [-0.1, -0.05) is 6.07 Å². The second-order valence-electron chi connectivity index (χ2n) is 7.42. The smallest absolute Gasteiger partial charge is 0.407 e. The highest BCUT2D eigenvalue weighted by Crippen LogP contribution is 2.35. The molecule has 2 aliphatic rings. The Morgan fingerprint density at radius 1 is 1.07 bits per heavy atom. The van der Waals surface area contributed by atoms with Crippen LogP contribution in [0.3, 0.4) is 0 Å². The van der Waals surface area contributed by atoms with Crippen LogP contribution in [0.15, 0.2) is 52.3 Å². The number of hydrogen-bond donors (Lipinski definition) is 1. The van der Waals surface area contributed by atoms with Crippen LogP contribution in [-0.2, 0) is 16.3 Å². The molecule has 2 aromatic carbocycles. The van der Waals surface area contributed by atoms with Crippen molar-refractivity contribution in [2.24, 2.45) is 0 Å². The van der Waals surface area contributed by atoms with Crippen LogP contribution in [0.1, 0.15) is 18.4 Å². The summed E-state index contributed by atoms with van der Waals surface area (Å²) in [5.41, 5.74) is 2.08. The molecule has 0 spiro atoms. The number of hydrogen-bond acceptors (Lipinski definition) is 5. The first-order valence-corrected chi connectivity index (χ1v) is 11.1. The summed E-state index contributed by atoms with van der Waals surface area (Å²) in [7, 11) is -2.11. The van der Waals surface area contributed by atoms with Crippen molar-refractivity contribution in [2.45, 2.75) is 35.1 Å². The number of benzene rings is 2. The maximum Gasteiger partial charge on any atom is 0.407 e. The van der Waals surface area contributed by atoms with Gasteiger partial charge in [-0.2, -0.15) is 0 Å². The number of sulfone groups is 1. The topological polar surface area (TPSA) is 87.2 Å². The normalized spacial score (nSPS) is 17.3. The van der Waals surface area contributed by atoms with Crippen LogP contribution in [-0.4, -0.2) is 57.3 Å². The summed E-state index contributed by atoms with van der Waals surface area (Å²) in [5.74, 6) is 0.506. The van der Waals surface area contributed by atoms with Crippen LogP contribution >= 0.6 is 0 Å². The number of ether oxygens (including phenoxy) is 1. The van der Waals surface area contributed by atoms with Gasteiger partial charge in [0.25, 0.3) is 0 Å². The van der Waals surface area contributed by atoms with E-state index in [0.29, 0.717) is 18.8 Å². The molecule has 4 rings (SSSR count). The number of likely N-dealkylation sites (tertiary alicyclic amines) is 1. The lowest BCUT2D eigenvalue weighted by Gasteiger charge is -2.37. The molecule has 154 valence electrons. The molecule has 1 amide bonds. The van der Waals surface area contributed by atoms with E-state index in [1.165, 1.54) is 18.1 Å². The first-order valence-electron chi connectivity index (χ1n) is 9.67. The van der Waals surface area contributed by atoms with Gasteiger partial charge < -0.3 is 19.6 Å². The number of carbonyl (C=O) groups is 1. The highest BCUT2D eigenvalue weighted by molar-refractivity contribution is 7.91. The molecule has 0 saturated carbocycles. The van der Waals surface area contributed by atoms with Gasteiger partial charge in [-0.05, 0) is 61.2 Å². The molecule has 0 radical (unpaired) electrons. The fourth-order valence-electron chi connectivity index (χ4n) is 4.22. The van der Waals surface area contributed by atoms with Gasteiger partial charge in [0.05, 0.1) is 16.9 Å². The average molecular weight is 416 g/mol. The largest absolute Gasteiger partial charge is 0.497 e. The molecule has 1 N–H and O–H groups in total. The Balaban J connectivity index is 1.56. The van der Waals surface area contributed by atoms with Gasteiger partial charge in [-0.25, -0.2) is 13.2 Å². The molecular formula is C21H24N2O5S. The molecule has 0 aromatic heterocycles. The fraction of sp³-hybridized carbons (Fsp3) is 0.381. The van der Waals surface area contributed by atoms with Crippen molar-refractivity contribution in [1.29, 1.82) is 0 Å². The van der Waals surface area contributed by atoms with Crippen LogP contribution in [0, 0.1) is 0 Å². The van der Waals surface area contributed by atoms with E-state index in [0.717, 1.165) is 37.1 Å². The lowest BCUT2D eigenvalue weighted by molar-refractivity contribution is 0.131. The molecule has 2 aliphatic heterocycles. The lowest BCUT2D eigenvalue weighted by Crippen LogP contribution is -2.46. The third kappa shape index (κ3) is 3.64. The monoisotopic (exact) mass is 416 g/mol. The zero-order valence-corrected chi connectivity index (χ0v) is 17.1. The molecule has 7 nitrogen and oxygen atoms in total. The summed E-state index contributed by atoms with van der Waals surface area (Å²) in [6.07, 6.45) is 1.50. The Morgan fingerprint density at radius 2 is 1.79 bits per heavy atom. The summed E-state index contributed by atoms with van der Waals surface area (Å²) >= 11 is 0. The molecule has 2 heterocycles. The molecule has 2 aromatic rings. The second-order valence-corrected chi connectivity index (χ2v) is 9.37. The SMILES string of the molecule is COc1cccc(S(=O)(=O)c2ccc3c(c2)CCN3C2CCN(C(=O)O)CC2)c1. The quantitative estimate of drug-likeness (QED) is 0.824. The highest BCUT2D eigenvalue weighted by Gasteiger charge is 2.31. The van der Waals surface area contributed by atoms with E-state index in [1.807, 2.05) is 6.07 Å². The van der Waals surface area contributed by atoms with Crippen molar-refractivity contribution >= 4 is 21.6 Å². The Hall–Kier alpha value is -2.74. The molecule has 1 saturated heterocycles. The second kappa shape index (κ2) is 7.59. The predicted molar refractivity (Wildman–Crippen MR) is 109 cm³/mol. The highest BCUT2D eigenvalue weighted by atomic mass is 32.2. The average Bonchev–Trinajstić information content (AvgIpc) is 3.17. The molecular weight excluding hydrogens is 392 g/mol. The molecule has 29 heavy (non-hydrogen) atoms. The van der Waals surface area contributed by atoms with Crippen molar-refractivity contribution in [1.82, 2.24) is 4.90 Å². The Kier molecular flexibility index (Phi) is 5.12. The van der Waals surface area contributed by atoms with Gasteiger partial charge in [-0.15, -0.1) is 0 Å². The van der Waals surface area contributed by atoms with Gasteiger partial charge in [0.2, 0.25) is 9.84 Å². The minimum Gasteiger partial charge on any atom is -0.497 e. The maximum absolute atomic E-state index is 13.1. The molecule has 0 bridgehead atoms. The summed E-state index contributed by atoms with van der Waals surface area (Å²) in [5, 5.41) is 9.13. The number of anilines is 1. The number of rotatable bonds is 4. The third-order valence-corrected chi connectivity index (χ3v) is 7.57. The molecule has 0 unspecified atom stereocenters. The number of carboxylic acid groups (broad SMARTS) is 1. The number of nitrogens with zero attached hydrogens (tertiary/aromatic N) is 2. The first kappa shape index (κ1) is 19.6. The van der Waals surface area contributed by atoms with E-state index in [4.69, 9.17) is 9.84 Å². The van der Waals surface area contributed by atoms with Crippen LogP contribution in [0.2, 0.25) is 0 Å². The van der Waals surface area contributed by atoms with E-state index < -0.39 is 15.9 Å². The molecule has 0 atom stereocenters. The molecule has 1 fully saturated rings. The van der Waals surface area contributed by atoms with Gasteiger partial charge >= 0.3 is 6.09 Å². The van der Waals surface area contributed by atoms with Crippen molar-refractivity contribution in [3.05, 3.63) is 48.0 Å². The standard InChI is InChI=1S/C21H24N2O5S/c1-28-17-3-2-4-18(14-17)29(26,27)19-5-6-20-15(13-19)7-12-23(20)16-8-10-22(11-9-16)21(24)25/h2-6,13-14,16H,7-12H2,1H3,(H,24,25). The van der Waals surface area contributed by atoms with E-state index in [1.54, 1.807) is 30.3 Å². The number of methoxy groups -OCH3 is 1. The maximum atomic E-state index is 13.1. The summed E-state index contributed by atoms with van der Waals surface area (Å²) in [6, 6.07) is 12.1. The Labute approximate surface area is 170 Å². The van der Waals surface area contributed by atoms with E-state index in [-0.39, 0.29) is 15.8 Å². The van der Waals surface area contributed by atoms with Gasteiger partial charge in [-0.3, -0.25) is 0 Å². The summed E-state index contributed by atoms with van der Waals surface area (Å²) < 4.78 is 31.3. The van der Waals surface area contributed by atoms with Crippen molar-refractivity contribution < 1.29 is 23.1 Å². The van der Waals surface area contributed by atoms with Gasteiger partial charge in [0.15, 0.2) is 0 Å². The van der Waals surface area contributed by atoms with Crippen molar-refractivity contribution in [2.75, 3.05) is 31.6 Å². The summed E-state index contributed by atoms with van der Waals surface area (Å²) in [6.45, 7) is 1.90. The lowest BCUT2D eigenvalue weighted by atomic mass is 10.0. The fourth-order valence-corrected chi connectivity index (χ4v) is 5.57.